The van der Waals surface area contributed by atoms with E-state index in [1.54, 1.807) is 6.07 Å². The normalized spacial score (nSPS) is 12.0. The predicted octanol–water partition coefficient (Wildman–Crippen LogP) is 3.78. The van der Waals surface area contributed by atoms with Gasteiger partial charge in [0.2, 0.25) is 15.8 Å². The first kappa shape index (κ1) is 20.0. The van der Waals surface area contributed by atoms with Crippen LogP contribution in [0.5, 0.6) is 0 Å². The molecule has 0 radical (unpaired) electrons. The first-order valence-corrected chi connectivity index (χ1v) is 9.98. The maximum Gasteiger partial charge on any atom is 0.417 e. The number of anilines is 2. The fourth-order valence-electron chi connectivity index (χ4n) is 2.37. The van der Waals surface area contributed by atoms with Crippen LogP contribution in [-0.4, -0.2) is 19.2 Å². The molecule has 0 unspecified atom stereocenters. The number of carbonyl (C=O) groups excluding carboxylic acids is 1. The number of carbonyl (C=O) groups is 1. The number of rotatable bonds is 5. The van der Waals surface area contributed by atoms with Gasteiger partial charge >= 0.3 is 6.18 Å². The predicted molar refractivity (Wildman–Crippen MR) is 98.1 cm³/mol. The number of halogens is 3. The van der Waals surface area contributed by atoms with Crippen LogP contribution in [0.3, 0.4) is 0 Å². The van der Waals surface area contributed by atoms with E-state index in [2.05, 4.69) is 10.3 Å². The molecule has 1 aromatic heterocycles. The number of nitrogens with zero attached hydrogens (tertiary/aromatic N) is 1. The second-order valence-electron chi connectivity index (χ2n) is 5.60. The van der Waals surface area contributed by atoms with Crippen molar-refractivity contribution >= 4 is 38.0 Å². The molecule has 0 aliphatic carbocycles. The van der Waals surface area contributed by atoms with E-state index in [-0.39, 0.29) is 14.9 Å². The minimum absolute atomic E-state index is 0.00167. The van der Waals surface area contributed by atoms with Gasteiger partial charge in [0.05, 0.1) is 21.5 Å². The molecule has 0 aliphatic rings. The lowest BCUT2D eigenvalue weighted by atomic mass is 10.0. The number of hydrogen-bond donors (Lipinski definition) is 2. The highest BCUT2D eigenvalue weighted by Crippen LogP contribution is 2.34. The zero-order valence-corrected chi connectivity index (χ0v) is 15.5. The lowest BCUT2D eigenvalue weighted by Gasteiger charge is -2.10. The van der Waals surface area contributed by atoms with E-state index in [4.69, 9.17) is 5.14 Å². The number of thiazole rings is 1. The quantitative estimate of drug-likeness (QED) is 0.604. The molecule has 0 saturated carbocycles. The Labute approximate surface area is 161 Å². The third kappa shape index (κ3) is 4.38. The average molecular weight is 427 g/mol. The molecule has 3 N–H and O–H groups in total. The largest absolute Gasteiger partial charge is 0.417 e. The number of aromatic nitrogens is 1. The molecule has 1 heterocycles. The summed E-state index contributed by atoms with van der Waals surface area (Å²) in [5.74, 6) is -0.809. The van der Waals surface area contributed by atoms with E-state index in [1.807, 2.05) is 0 Å². The van der Waals surface area contributed by atoms with Gasteiger partial charge in [0, 0.05) is 11.3 Å². The zero-order chi connectivity index (χ0) is 20.5. The summed E-state index contributed by atoms with van der Waals surface area (Å²) in [4.78, 5) is 16.4. The molecule has 0 spiro atoms. The number of hydrogen-bond acceptors (Lipinski definition) is 6. The van der Waals surface area contributed by atoms with Gasteiger partial charge < -0.3 is 5.32 Å². The second kappa shape index (κ2) is 7.34. The van der Waals surface area contributed by atoms with Crippen molar-refractivity contribution in [1.29, 1.82) is 0 Å². The van der Waals surface area contributed by atoms with Gasteiger partial charge in [-0.15, -0.1) is 0 Å². The number of primary sulfonamides is 1. The topological polar surface area (TPSA) is 102 Å². The summed E-state index contributed by atoms with van der Waals surface area (Å²) in [6.07, 6.45) is -3.50. The summed E-state index contributed by atoms with van der Waals surface area (Å²) in [5, 5.41) is 8.08. The van der Waals surface area contributed by atoms with Crippen LogP contribution in [0.2, 0.25) is 0 Å². The van der Waals surface area contributed by atoms with Crippen LogP contribution in [0.4, 0.5) is 24.0 Å². The van der Waals surface area contributed by atoms with E-state index in [0.717, 1.165) is 29.7 Å². The Kier molecular flexibility index (Phi) is 5.24. The van der Waals surface area contributed by atoms with Crippen molar-refractivity contribution in [2.45, 2.75) is 11.1 Å². The van der Waals surface area contributed by atoms with Gasteiger partial charge in [-0.1, -0.05) is 35.6 Å². The molecular weight excluding hydrogens is 415 g/mol. The number of nitrogens with one attached hydrogen (secondary N) is 1. The Morgan fingerprint density at radius 3 is 2.50 bits per heavy atom. The molecule has 28 heavy (non-hydrogen) atoms. The molecule has 11 heteroatoms. The lowest BCUT2D eigenvalue weighted by Crippen LogP contribution is -2.12. The van der Waals surface area contributed by atoms with Crippen molar-refractivity contribution in [1.82, 2.24) is 4.98 Å². The van der Waals surface area contributed by atoms with Crippen molar-refractivity contribution < 1.29 is 26.4 Å². The SMILES string of the molecule is NS(=O)(=O)c1cccc(Nc2ncc(C(=O)c3ccccc3C(F)(F)F)s2)c1. The summed E-state index contributed by atoms with van der Waals surface area (Å²) >= 11 is 0.844. The van der Waals surface area contributed by atoms with E-state index >= 15 is 0 Å². The third-order valence-corrected chi connectivity index (χ3v) is 5.44. The maximum absolute atomic E-state index is 13.1. The monoisotopic (exact) mass is 427 g/mol. The Hall–Kier alpha value is -2.76. The standard InChI is InChI=1S/C17H12F3N3O3S2/c18-17(19,20)13-7-2-1-6-12(13)15(24)14-9-22-16(27-14)23-10-4-3-5-11(8-10)28(21,25)26/h1-9H,(H,22,23)(H2,21,25,26). The molecule has 2 aromatic carbocycles. The number of ketones is 1. The number of alkyl halides is 3. The minimum Gasteiger partial charge on any atom is -0.331 e. The van der Waals surface area contributed by atoms with Gasteiger partial charge in [-0.25, -0.2) is 18.5 Å². The fraction of sp³-hybridized carbons (Fsp3) is 0.0588. The first-order chi connectivity index (χ1) is 13.1. The molecule has 0 saturated heterocycles. The Bertz CT molecular complexity index is 1140. The molecule has 146 valence electrons. The van der Waals surface area contributed by atoms with E-state index < -0.39 is 33.1 Å². The molecule has 0 aliphatic heterocycles. The highest BCUT2D eigenvalue weighted by molar-refractivity contribution is 7.89. The first-order valence-electron chi connectivity index (χ1n) is 7.62. The number of benzene rings is 2. The number of sulfonamides is 1. The molecule has 3 rings (SSSR count). The Balaban J connectivity index is 1.87. The second-order valence-corrected chi connectivity index (χ2v) is 8.19. The van der Waals surface area contributed by atoms with E-state index in [9.17, 15) is 26.4 Å². The number of nitrogens with two attached hydrogens (primary N) is 1. The molecule has 0 atom stereocenters. The average Bonchev–Trinajstić information content (AvgIpc) is 3.08. The summed E-state index contributed by atoms with van der Waals surface area (Å²) in [5.41, 5.74) is -1.15. The summed E-state index contributed by atoms with van der Waals surface area (Å²) in [7, 11) is -3.90. The van der Waals surface area contributed by atoms with Crippen LogP contribution in [0.1, 0.15) is 20.8 Å². The molecule has 6 nitrogen and oxygen atoms in total. The van der Waals surface area contributed by atoms with Gasteiger partial charge in [-0.05, 0) is 24.3 Å². The van der Waals surface area contributed by atoms with Crippen molar-refractivity contribution in [3.8, 4) is 0 Å². The maximum atomic E-state index is 13.1. The molecule has 0 fully saturated rings. The lowest BCUT2D eigenvalue weighted by molar-refractivity contribution is -0.137. The van der Waals surface area contributed by atoms with Gasteiger partial charge in [0.1, 0.15) is 0 Å². The van der Waals surface area contributed by atoms with Crippen LogP contribution in [0.25, 0.3) is 0 Å². The van der Waals surface area contributed by atoms with Gasteiger partial charge in [-0.3, -0.25) is 4.79 Å². The van der Waals surface area contributed by atoms with Crippen LogP contribution in [0, 0.1) is 0 Å². The van der Waals surface area contributed by atoms with Crippen molar-refractivity contribution in [3.63, 3.8) is 0 Å². The minimum atomic E-state index is -4.66. The highest BCUT2D eigenvalue weighted by atomic mass is 32.2. The third-order valence-electron chi connectivity index (χ3n) is 3.62. The molecular formula is C17H12F3N3O3S2. The molecule has 0 bridgehead atoms. The Morgan fingerprint density at radius 1 is 1.11 bits per heavy atom. The van der Waals surface area contributed by atoms with Crippen LogP contribution < -0.4 is 10.5 Å². The molecule has 0 amide bonds. The van der Waals surface area contributed by atoms with Crippen LogP contribution in [-0.2, 0) is 16.2 Å². The molecule has 3 aromatic rings. The van der Waals surface area contributed by atoms with Crippen molar-refractivity contribution in [3.05, 3.63) is 70.7 Å². The smallest absolute Gasteiger partial charge is 0.331 e. The van der Waals surface area contributed by atoms with Gasteiger partial charge in [0.15, 0.2) is 5.13 Å². The summed E-state index contributed by atoms with van der Waals surface area (Å²) < 4.78 is 62.1. The summed E-state index contributed by atoms with van der Waals surface area (Å²) in [6, 6.07) is 10.1. The van der Waals surface area contributed by atoms with Crippen molar-refractivity contribution in [2.75, 3.05) is 5.32 Å². The highest BCUT2D eigenvalue weighted by Gasteiger charge is 2.35. The Morgan fingerprint density at radius 2 is 1.82 bits per heavy atom. The van der Waals surface area contributed by atoms with E-state index in [0.29, 0.717) is 5.69 Å². The fourth-order valence-corrected chi connectivity index (χ4v) is 3.72. The van der Waals surface area contributed by atoms with Crippen molar-refractivity contribution in [2.24, 2.45) is 5.14 Å². The summed E-state index contributed by atoms with van der Waals surface area (Å²) in [6.45, 7) is 0. The van der Waals surface area contributed by atoms with Gasteiger partial charge in [-0.2, -0.15) is 13.2 Å². The zero-order valence-electron chi connectivity index (χ0n) is 13.9. The van der Waals surface area contributed by atoms with E-state index in [1.165, 1.54) is 30.3 Å². The van der Waals surface area contributed by atoms with Crippen LogP contribution >= 0.6 is 11.3 Å². The van der Waals surface area contributed by atoms with Gasteiger partial charge in [0.25, 0.3) is 0 Å². The van der Waals surface area contributed by atoms with Crippen LogP contribution in [0.15, 0.2) is 59.6 Å².